The van der Waals surface area contributed by atoms with E-state index in [4.69, 9.17) is 14.2 Å². The lowest BCUT2D eigenvalue weighted by molar-refractivity contribution is 0.102. The van der Waals surface area contributed by atoms with Crippen LogP contribution in [0.5, 0.6) is 11.5 Å². The molecule has 0 saturated heterocycles. The topological polar surface area (TPSA) is 61.7 Å². The van der Waals surface area contributed by atoms with Crippen molar-refractivity contribution in [3.63, 3.8) is 0 Å². The third kappa shape index (κ3) is 3.93. The molecule has 152 valence electrons. The molecule has 3 aromatic rings. The molecule has 1 N–H and O–H groups in total. The number of carbonyl (C=O) groups is 1. The summed E-state index contributed by atoms with van der Waals surface area (Å²) < 4.78 is 18.9. The molecule has 29 heavy (non-hydrogen) atoms. The van der Waals surface area contributed by atoms with Gasteiger partial charge in [0.25, 0.3) is 5.91 Å². The fourth-order valence-electron chi connectivity index (χ4n) is 3.72. The van der Waals surface area contributed by atoms with Gasteiger partial charge in [-0.05, 0) is 55.8 Å². The summed E-state index contributed by atoms with van der Waals surface area (Å²) in [5, 5.41) is 4.11. The van der Waals surface area contributed by atoms with Gasteiger partial charge >= 0.3 is 0 Å². The highest BCUT2D eigenvalue weighted by atomic mass is 16.5. The number of amides is 1. The summed E-state index contributed by atoms with van der Waals surface area (Å²) in [6.45, 7) is 6.66. The van der Waals surface area contributed by atoms with E-state index in [-0.39, 0.29) is 5.91 Å². The maximum Gasteiger partial charge on any atom is 0.256 e. The van der Waals surface area contributed by atoms with E-state index in [2.05, 4.69) is 22.9 Å². The van der Waals surface area contributed by atoms with E-state index in [0.717, 1.165) is 35.1 Å². The molecule has 4 rings (SSSR count). The lowest BCUT2D eigenvalue weighted by atomic mass is 10.1. The molecule has 2 heterocycles. The van der Waals surface area contributed by atoms with E-state index in [1.165, 1.54) is 5.69 Å². The molecule has 1 amide bonds. The number of hydrogen-bond acceptors (Lipinski definition) is 4. The second-order valence-corrected chi connectivity index (χ2v) is 7.32. The van der Waals surface area contributed by atoms with Crippen molar-refractivity contribution in [2.75, 3.05) is 32.2 Å². The molecule has 2 aromatic carbocycles. The van der Waals surface area contributed by atoms with Gasteiger partial charge in [-0.2, -0.15) is 0 Å². The largest absolute Gasteiger partial charge is 0.490 e. The summed E-state index contributed by atoms with van der Waals surface area (Å²) in [5.74, 6) is 1.17. The van der Waals surface area contributed by atoms with Crippen LogP contribution in [0, 0.1) is 13.8 Å². The first kappa shape index (κ1) is 19.3. The van der Waals surface area contributed by atoms with Gasteiger partial charge < -0.3 is 24.1 Å². The number of hydrogen-bond donors (Lipinski definition) is 1. The van der Waals surface area contributed by atoms with Crippen molar-refractivity contribution >= 4 is 22.5 Å². The van der Waals surface area contributed by atoms with Crippen molar-refractivity contribution in [3.8, 4) is 11.5 Å². The zero-order valence-corrected chi connectivity index (χ0v) is 17.1. The van der Waals surface area contributed by atoms with Gasteiger partial charge in [-0.3, -0.25) is 4.79 Å². The number of aryl methyl sites for hydroxylation is 2. The molecule has 0 atom stereocenters. The maximum absolute atomic E-state index is 12.9. The quantitative estimate of drug-likeness (QED) is 0.700. The molecule has 1 aliphatic heterocycles. The number of nitrogens with zero attached hydrogens (tertiary/aromatic N) is 1. The minimum absolute atomic E-state index is 0.159. The molecule has 6 nitrogen and oxygen atoms in total. The Hall–Kier alpha value is -2.99. The summed E-state index contributed by atoms with van der Waals surface area (Å²) in [6, 6.07) is 11.7. The Morgan fingerprint density at radius 3 is 2.62 bits per heavy atom. The lowest BCUT2D eigenvalue weighted by Gasteiger charge is -2.13. The van der Waals surface area contributed by atoms with Crippen LogP contribution < -0.4 is 14.8 Å². The lowest BCUT2D eigenvalue weighted by Crippen LogP contribution is -2.14. The van der Waals surface area contributed by atoms with Crippen LogP contribution in [0.4, 0.5) is 5.69 Å². The molecule has 0 spiro atoms. The number of fused-ring (bicyclic) bond motifs is 2. The summed E-state index contributed by atoms with van der Waals surface area (Å²) in [4.78, 5) is 12.9. The average molecular weight is 394 g/mol. The maximum atomic E-state index is 12.9. The summed E-state index contributed by atoms with van der Waals surface area (Å²) in [6.07, 6.45) is 0.832. The molecular formula is C23H26N2O4. The van der Waals surface area contributed by atoms with Crippen LogP contribution >= 0.6 is 0 Å². The molecule has 0 fully saturated rings. The third-order valence-electron chi connectivity index (χ3n) is 5.22. The van der Waals surface area contributed by atoms with Gasteiger partial charge in [-0.1, -0.05) is 0 Å². The van der Waals surface area contributed by atoms with Crippen molar-refractivity contribution in [2.24, 2.45) is 0 Å². The number of carbonyl (C=O) groups excluding carboxylic acids is 1. The molecule has 1 aromatic heterocycles. The van der Waals surface area contributed by atoms with Crippen molar-refractivity contribution < 1.29 is 19.0 Å². The van der Waals surface area contributed by atoms with E-state index < -0.39 is 0 Å². The number of rotatable bonds is 5. The first-order valence-corrected chi connectivity index (χ1v) is 9.87. The highest BCUT2D eigenvalue weighted by molar-refractivity contribution is 6.06. The minimum Gasteiger partial charge on any atom is -0.490 e. The van der Waals surface area contributed by atoms with Gasteiger partial charge in [0.1, 0.15) is 0 Å². The monoisotopic (exact) mass is 394 g/mol. The predicted octanol–water partition coefficient (Wildman–Crippen LogP) is 4.32. The van der Waals surface area contributed by atoms with Crippen LogP contribution in [-0.2, 0) is 11.3 Å². The Kier molecular flexibility index (Phi) is 5.45. The van der Waals surface area contributed by atoms with Crippen molar-refractivity contribution in [3.05, 3.63) is 53.2 Å². The fourth-order valence-corrected chi connectivity index (χ4v) is 3.72. The zero-order chi connectivity index (χ0) is 20.4. The molecule has 0 saturated carbocycles. The number of ether oxygens (including phenoxy) is 3. The molecule has 0 radical (unpaired) electrons. The van der Waals surface area contributed by atoms with E-state index >= 15 is 0 Å². The first-order chi connectivity index (χ1) is 14.1. The average Bonchev–Trinajstić information content (AvgIpc) is 2.85. The second kappa shape index (κ2) is 8.17. The van der Waals surface area contributed by atoms with Crippen molar-refractivity contribution in [1.82, 2.24) is 4.57 Å². The number of anilines is 1. The van der Waals surface area contributed by atoms with Crippen molar-refractivity contribution in [2.45, 2.75) is 26.8 Å². The molecule has 0 unspecified atom stereocenters. The Labute approximate surface area is 170 Å². The zero-order valence-electron chi connectivity index (χ0n) is 17.1. The van der Waals surface area contributed by atoms with Crippen LogP contribution in [0.1, 0.15) is 28.0 Å². The highest BCUT2D eigenvalue weighted by Gasteiger charge is 2.18. The smallest absolute Gasteiger partial charge is 0.256 e. The van der Waals surface area contributed by atoms with Gasteiger partial charge in [0.2, 0.25) is 0 Å². The van der Waals surface area contributed by atoms with Gasteiger partial charge in [-0.25, -0.2) is 0 Å². The Morgan fingerprint density at radius 2 is 1.86 bits per heavy atom. The SMILES string of the molecule is COCCn1c(C)cc2cc(NC(=O)c3cc4c(cc3C)OCCCO4)ccc21. The normalized spacial score (nSPS) is 13.3. The predicted molar refractivity (Wildman–Crippen MR) is 113 cm³/mol. The van der Waals surface area contributed by atoms with Gasteiger partial charge in [0.05, 0.1) is 19.8 Å². The van der Waals surface area contributed by atoms with E-state index in [1.54, 1.807) is 13.2 Å². The van der Waals surface area contributed by atoms with E-state index in [0.29, 0.717) is 36.9 Å². The number of benzene rings is 2. The van der Waals surface area contributed by atoms with E-state index in [1.807, 2.05) is 31.2 Å². The molecule has 6 heteroatoms. The van der Waals surface area contributed by atoms with Gasteiger partial charge in [0, 0.05) is 47.9 Å². The Morgan fingerprint density at radius 1 is 1.10 bits per heavy atom. The van der Waals surface area contributed by atoms with Gasteiger partial charge in [0.15, 0.2) is 11.5 Å². The van der Waals surface area contributed by atoms with Crippen LogP contribution in [0.3, 0.4) is 0 Å². The van der Waals surface area contributed by atoms with Crippen LogP contribution in [0.25, 0.3) is 10.9 Å². The molecule has 0 aliphatic carbocycles. The minimum atomic E-state index is -0.159. The Balaban J connectivity index is 1.58. The standard InChI is InChI=1S/C23H26N2O4/c1-15-11-21-22(29-9-4-8-28-21)14-19(15)23(26)24-18-5-6-20-17(13-18)12-16(2)25(20)7-10-27-3/h5-6,11-14H,4,7-10H2,1-3H3,(H,24,26). The van der Waals surface area contributed by atoms with Crippen LogP contribution in [0.15, 0.2) is 36.4 Å². The number of aromatic nitrogens is 1. The molecular weight excluding hydrogens is 368 g/mol. The van der Waals surface area contributed by atoms with Crippen LogP contribution in [-0.4, -0.2) is 37.4 Å². The third-order valence-corrected chi connectivity index (χ3v) is 5.22. The summed E-state index contributed by atoms with van der Waals surface area (Å²) in [7, 11) is 1.70. The summed E-state index contributed by atoms with van der Waals surface area (Å²) >= 11 is 0. The Bertz CT molecular complexity index is 1050. The summed E-state index contributed by atoms with van der Waals surface area (Å²) in [5.41, 5.74) is 4.50. The van der Waals surface area contributed by atoms with Crippen molar-refractivity contribution in [1.29, 1.82) is 0 Å². The number of nitrogens with one attached hydrogen (secondary N) is 1. The number of methoxy groups -OCH3 is 1. The van der Waals surface area contributed by atoms with Crippen LogP contribution in [0.2, 0.25) is 0 Å². The molecule has 0 bridgehead atoms. The second-order valence-electron chi connectivity index (χ2n) is 7.32. The fraction of sp³-hybridized carbons (Fsp3) is 0.348. The highest BCUT2D eigenvalue weighted by Crippen LogP contribution is 2.33. The molecule has 1 aliphatic rings. The first-order valence-electron chi connectivity index (χ1n) is 9.87. The van der Waals surface area contributed by atoms with Gasteiger partial charge in [-0.15, -0.1) is 0 Å². The van der Waals surface area contributed by atoms with E-state index in [9.17, 15) is 4.79 Å².